The van der Waals surface area contributed by atoms with Gasteiger partial charge in [-0.3, -0.25) is 4.79 Å². The Morgan fingerprint density at radius 1 is 1.21 bits per heavy atom. The zero-order valence-electron chi connectivity index (χ0n) is 13.2. The van der Waals surface area contributed by atoms with E-state index in [2.05, 4.69) is 10.3 Å². The molecule has 122 valence electrons. The van der Waals surface area contributed by atoms with Gasteiger partial charge in [0, 0.05) is 11.3 Å². The maximum Gasteiger partial charge on any atom is 0.268 e. The molecular weight excluding hydrogens is 344 g/mol. The van der Waals surface area contributed by atoms with Gasteiger partial charge in [0.2, 0.25) is 0 Å². The van der Waals surface area contributed by atoms with Crippen LogP contribution in [0.2, 0.25) is 5.02 Å². The summed E-state index contributed by atoms with van der Waals surface area (Å²) in [6.07, 6.45) is 0. The number of carbonyl (C=O) groups is 1. The highest BCUT2D eigenvalue weighted by Gasteiger charge is 2.18. The lowest BCUT2D eigenvalue weighted by atomic mass is 10.1. The predicted molar refractivity (Wildman–Crippen MR) is 98.2 cm³/mol. The summed E-state index contributed by atoms with van der Waals surface area (Å²) in [5, 5.41) is 4.15. The summed E-state index contributed by atoms with van der Waals surface area (Å²) in [4.78, 5) is 17.7. The van der Waals surface area contributed by atoms with Crippen LogP contribution in [-0.2, 0) is 0 Å². The highest BCUT2D eigenvalue weighted by Crippen LogP contribution is 2.30. The molecule has 0 unspecified atom stereocenters. The SMILES string of the molecule is COc1ccc(NC(=O)c2sc(C)nc2-c2ccccc2)cc1Cl. The molecule has 0 spiro atoms. The van der Waals surface area contributed by atoms with Crippen LogP contribution in [0.1, 0.15) is 14.7 Å². The first-order valence-electron chi connectivity index (χ1n) is 7.26. The summed E-state index contributed by atoms with van der Waals surface area (Å²) in [6, 6.07) is 14.8. The number of benzene rings is 2. The minimum absolute atomic E-state index is 0.208. The molecule has 1 amide bonds. The molecule has 0 fully saturated rings. The van der Waals surface area contributed by atoms with E-state index in [1.165, 1.54) is 11.3 Å². The molecule has 3 aromatic rings. The molecule has 6 heteroatoms. The smallest absolute Gasteiger partial charge is 0.268 e. The van der Waals surface area contributed by atoms with E-state index in [-0.39, 0.29) is 5.91 Å². The molecule has 0 radical (unpaired) electrons. The van der Waals surface area contributed by atoms with Crippen molar-refractivity contribution < 1.29 is 9.53 Å². The van der Waals surface area contributed by atoms with Gasteiger partial charge in [-0.1, -0.05) is 41.9 Å². The van der Waals surface area contributed by atoms with Crippen LogP contribution >= 0.6 is 22.9 Å². The summed E-state index contributed by atoms with van der Waals surface area (Å²) in [7, 11) is 1.55. The van der Waals surface area contributed by atoms with Crippen LogP contribution in [0.15, 0.2) is 48.5 Å². The second-order valence-corrected chi connectivity index (χ2v) is 6.69. The highest BCUT2D eigenvalue weighted by molar-refractivity contribution is 7.14. The Kier molecular flexibility index (Phi) is 4.83. The number of nitrogens with zero attached hydrogens (tertiary/aromatic N) is 1. The molecule has 0 aliphatic rings. The van der Waals surface area contributed by atoms with E-state index in [4.69, 9.17) is 16.3 Å². The third-order valence-electron chi connectivity index (χ3n) is 3.40. The first-order valence-corrected chi connectivity index (χ1v) is 8.45. The number of aromatic nitrogens is 1. The van der Waals surface area contributed by atoms with Gasteiger partial charge in [-0.25, -0.2) is 4.98 Å². The van der Waals surface area contributed by atoms with Crippen molar-refractivity contribution in [2.24, 2.45) is 0 Å². The highest BCUT2D eigenvalue weighted by atomic mass is 35.5. The lowest BCUT2D eigenvalue weighted by molar-refractivity contribution is 0.103. The normalized spacial score (nSPS) is 10.5. The third kappa shape index (κ3) is 3.42. The number of methoxy groups -OCH3 is 1. The van der Waals surface area contributed by atoms with Gasteiger partial charge in [-0.15, -0.1) is 11.3 Å². The summed E-state index contributed by atoms with van der Waals surface area (Å²) >= 11 is 7.47. The largest absolute Gasteiger partial charge is 0.495 e. The second kappa shape index (κ2) is 7.03. The minimum Gasteiger partial charge on any atom is -0.495 e. The van der Waals surface area contributed by atoms with Gasteiger partial charge in [-0.2, -0.15) is 0 Å². The number of ether oxygens (including phenoxy) is 1. The summed E-state index contributed by atoms with van der Waals surface area (Å²) in [5.41, 5.74) is 2.21. The summed E-state index contributed by atoms with van der Waals surface area (Å²) < 4.78 is 5.12. The van der Waals surface area contributed by atoms with Gasteiger partial charge in [0.15, 0.2) is 0 Å². The number of amides is 1. The van der Waals surface area contributed by atoms with Crippen molar-refractivity contribution >= 4 is 34.5 Å². The molecule has 24 heavy (non-hydrogen) atoms. The molecule has 0 saturated carbocycles. The number of aryl methyl sites for hydroxylation is 1. The van der Waals surface area contributed by atoms with Crippen molar-refractivity contribution in [1.29, 1.82) is 0 Å². The van der Waals surface area contributed by atoms with Crippen LogP contribution in [0, 0.1) is 6.92 Å². The molecule has 1 heterocycles. The fraction of sp³-hybridized carbons (Fsp3) is 0.111. The van der Waals surface area contributed by atoms with Gasteiger partial charge in [0.25, 0.3) is 5.91 Å². The van der Waals surface area contributed by atoms with Crippen molar-refractivity contribution in [3.8, 4) is 17.0 Å². The van der Waals surface area contributed by atoms with Crippen LogP contribution in [0.4, 0.5) is 5.69 Å². The number of hydrogen-bond acceptors (Lipinski definition) is 4. The van der Waals surface area contributed by atoms with E-state index >= 15 is 0 Å². The maximum atomic E-state index is 12.7. The van der Waals surface area contributed by atoms with Crippen molar-refractivity contribution in [2.75, 3.05) is 12.4 Å². The number of hydrogen-bond donors (Lipinski definition) is 1. The number of carbonyl (C=O) groups excluding carboxylic acids is 1. The van der Waals surface area contributed by atoms with Gasteiger partial charge in [0.1, 0.15) is 10.6 Å². The van der Waals surface area contributed by atoms with Gasteiger partial charge in [-0.05, 0) is 25.1 Å². The molecule has 2 aromatic carbocycles. The van der Waals surface area contributed by atoms with E-state index < -0.39 is 0 Å². The van der Waals surface area contributed by atoms with Crippen LogP contribution in [0.25, 0.3) is 11.3 Å². The predicted octanol–water partition coefficient (Wildman–Crippen LogP) is 5.03. The Balaban J connectivity index is 1.90. The molecule has 0 aliphatic carbocycles. The molecule has 0 aliphatic heterocycles. The Labute approximate surface area is 149 Å². The van der Waals surface area contributed by atoms with Crippen molar-refractivity contribution in [3.63, 3.8) is 0 Å². The van der Waals surface area contributed by atoms with E-state index in [1.807, 2.05) is 37.3 Å². The van der Waals surface area contributed by atoms with E-state index in [9.17, 15) is 4.79 Å². The molecule has 3 rings (SSSR count). The number of thiazole rings is 1. The van der Waals surface area contributed by atoms with Gasteiger partial charge in [0.05, 0.1) is 22.8 Å². The van der Waals surface area contributed by atoms with Crippen molar-refractivity contribution in [1.82, 2.24) is 4.98 Å². The number of halogens is 1. The quantitative estimate of drug-likeness (QED) is 0.711. The molecular formula is C18H15ClN2O2S. The first kappa shape index (κ1) is 16.5. The standard InChI is InChI=1S/C18H15ClN2O2S/c1-11-20-16(12-6-4-3-5-7-12)17(24-11)18(22)21-13-8-9-15(23-2)14(19)10-13/h3-10H,1-2H3,(H,21,22). The molecule has 0 saturated heterocycles. The Hall–Kier alpha value is -2.37. The first-order chi connectivity index (χ1) is 11.6. The molecule has 0 atom stereocenters. The molecule has 0 bridgehead atoms. The topological polar surface area (TPSA) is 51.2 Å². The maximum absolute atomic E-state index is 12.7. The van der Waals surface area contributed by atoms with Crippen LogP contribution < -0.4 is 10.1 Å². The van der Waals surface area contributed by atoms with E-state index in [0.29, 0.717) is 27.0 Å². The monoisotopic (exact) mass is 358 g/mol. The second-order valence-electron chi connectivity index (χ2n) is 5.08. The lowest BCUT2D eigenvalue weighted by Gasteiger charge is -2.08. The van der Waals surface area contributed by atoms with Crippen LogP contribution in [0.5, 0.6) is 5.75 Å². The third-order valence-corrected chi connectivity index (χ3v) is 4.66. The molecule has 1 aromatic heterocycles. The molecule has 1 N–H and O–H groups in total. The fourth-order valence-corrected chi connectivity index (χ4v) is 3.40. The zero-order chi connectivity index (χ0) is 17.1. The Morgan fingerprint density at radius 3 is 2.62 bits per heavy atom. The Bertz CT molecular complexity index is 878. The number of anilines is 1. The lowest BCUT2D eigenvalue weighted by Crippen LogP contribution is -2.11. The van der Waals surface area contributed by atoms with E-state index in [0.717, 1.165) is 10.6 Å². The fourth-order valence-electron chi connectivity index (χ4n) is 2.30. The van der Waals surface area contributed by atoms with Gasteiger partial charge < -0.3 is 10.1 Å². The average Bonchev–Trinajstić information content (AvgIpc) is 2.98. The number of nitrogens with one attached hydrogen (secondary N) is 1. The van der Waals surface area contributed by atoms with Crippen LogP contribution in [0.3, 0.4) is 0 Å². The van der Waals surface area contributed by atoms with Crippen molar-refractivity contribution in [2.45, 2.75) is 6.92 Å². The Morgan fingerprint density at radius 2 is 1.96 bits per heavy atom. The number of rotatable bonds is 4. The summed E-state index contributed by atoms with van der Waals surface area (Å²) in [5.74, 6) is 0.356. The van der Waals surface area contributed by atoms with E-state index in [1.54, 1.807) is 25.3 Å². The zero-order valence-corrected chi connectivity index (χ0v) is 14.7. The van der Waals surface area contributed by atoms with Gasteiger partial charge >= 0.3 is 0 Å². The average molecular weight is 359 g/mol. The summed E-state index contributed by atoms with van der Waals surface area (Å²) in [6.45, 7) is 1.89. The van der Waals surface area contributed by atoms with Crippen LogP contribution in [-0.4, -0.2) is 18.0 Å². The minimum atomic E-state index is -0.208. The van der Waals surface area contributed by atoms with Crippen molar-refractivity contribution in [3.05, 3.63) is 63.4 Å². The molecule has 4 nitrogen and oxygen atoms in total.